The van der Waals surface area contributed by atoms with Crippen LogP contribution in [0.4, 0.5) is 0 Å². The Morgan fingerprint density at radius 1 is 1.59 bits per heavy atom. The first-order valence-electron chi connectivity index (χ1n) is 5.66. The SMILES string of the molecule is CC1CN(C(=O)c2ncccc2O)C(C)CO1. The minimum Gasteiger partial charge on any atom is -0.505 e. The van der Waals surface area contributed by atoms with Gasteiger partial charge in [0.25, 0.3) is 5.91 Å². The Morgan fingerprint density at radius 2 is 2.35 bits per heavy atom. The quantitative estimate of drug-likeness (QED) is 0.791. The van der Waals surface area contributed by atoms with Crippen LogP contribution in [0.5, 0.6) is 5.75 Å². The molecule has 17 heavy (non-hydrogen) atoms. The van der Waals surface area contributed by atoms with Crippen LogP contribution in [0.1, 0.15) is 24.3 Å². The number of amides is 1. The normalized spacial score (nSPS) is 24.7. The Kier molecular flexibility index (Phi) is 3.28. The lowest BCUT2D eigenvalue weighted by molar-refractivity contribution is -0.0389. The zero-order valence-electron chi connectivity index (χ0n) is 9.96. The van der Waals surface area contributed by atoms with Crippen LogP contribution in [0.2, 0.25) is 0 Å². The third kappa shape index (κ3) is 2.39. The highest BCUT2D eigenvalue weighted by Gasteiger charge is 2.30. The van der Waals surface area contributed by atoms with E-state index in [9.17, 15) is 9.90 Å². The lowest BCUT2D eigenvalue weighted by Gasteiger charge is -2.36. The minimum atomic E-state index is -0.245. The van der Waals surface area contributed by atoms with E-state index in [-0.39, 0.29) is 29.5 Å². The summed E-state index contributed by atoms with van der Waals surface area (Å²) >= 11 is 0. The first-order valence-corrected chi connectivity index (χ1v) is 5.66. The molecule has 1 aliphatic heterocycles. The highest BCUT2D eigenvalue weighted by molar-refractivity contribution is 5.95. The van der Waals surface area contributed by atoms with Crippen molar-refractivity contribution in [3.05, 3.63) is 24.0 Å². The molecule has 0 spiro atoms. The third-order valence-electron chi connectivity index (χ3n) is 2.86. The third-order valence-corrected chi connectivity index (χ3v) is 2.86. The number of carbonyl (C=O) groups excluding carboxylic acids is 1. The fraction of sp³-hybridized carbons (Fsp3) is 0.500. The van der Waals surface area contributed by atoms with E-state index in [1.165, 1.54) is 12.3 Å². The van der Waals surface area contributed by atoms with Gasteiger partial charge in [0.1, 0.15) is 5.75 Å². The molecule has 1 aliphatic rings. The molecular weight excluding hydrogens is 220 g/mol. The first-order chi connectivity index (χ1) is 8.09. The highest BCUT2D eigenvalue weighted by atomic mass is 16.5. The maximum absolute atomic E-state index is 12.2. The van der Waals surface area contributed by atoms with E-state index in [0.717, 1.165) is 0 Å². The lowest BCUT2D eigenvalue weighted by Crippen LogP contribution is -2.50. The topological polar surface area (TPSA) is 62.7 Å². The molecule has 92 valence electrons. The van der Waals surface area contributed by atoms with E-state index in [1.54, 1.807) is 11.0 Å². The van der Waals surface area contributed by atoms with Gasteiger partial charge in [0.05, 0.1) is 18.8 Å². The predicted octanol–water partition coefficient (Wildman–Crippen LogP) is 1.04. The Bertz CT molecular complexity index is 422. The second-order valence-corrected chi connectivity index (χ2v) is 4.32. The van der Waals surface area contributed by atoms with Gasteiger partial charge in [0.2, 0.25) is 0 Å². The van der Waals surface area contributed by atoms with Gasteiger partial charge in [0, 0.05) is 12.7 Å². The van der Waals surface area contributed by atoms with Crippen LogP contribution in [-0.4, -0.2) is 46.2 Å². The van der Waals surface area contributed by atoms with Crippen molar-refractivity contribution in [1.29, 1.82) is 0 Å². The number of nitrogens with zero attached hydrogens (tertiary/aromatic N) is 2. The molecule has 0 aromatic carbocycles. The summed E-state index contributed by atoms with van der Waals surface area (Å²) in [7, 11) is 0. The summed E-state index contributed by atoms with van der Waals surface area (Å²) in [6.07, 6.45) is 1.52. The second kappa shape index (κ2) is 4.71. The van der Waals surface area contributed by atoms with Crippen LogP contribution in [0.15, 0.2) is 18.3 Å². The van der Waals surface area contributed by atoms with Gasteiger partial charge in [-0.15, -0.1) is 0 Å². The van der Waals surface area contributed by atoms with E-state index in [1.807, 2.05) is 13.8 Å². The van der Waals surface area contributed by atoms with Gasteiger partial charge < -0.3 is 14.7 Å². The molecule has 1 fully saturated rings. The number of pyridine rings is 1. The average molecular weight is 236 g/mol. The molecule has 1 aromatic rings. The van der Waals surface area contributed by atoms with Gasteiger partial charge in [-0.2, -0.15) is 0 Å². The Hall–Kier alpha value is -1.62. The summed E-state index contributed by atoms with van der Waals surface area (Å²) in [5.74, 6) is -0.324. The average Bonchev–Trinajstić information content (AvgIpc) is 2.32. The summed E-state index contributed by atoms with van der Waals surface area (Å²) in [5, 5.41) is 9.62. The van der Waals surface area contributed by atoms with Crippen LogP contribution < -0.4 is 0 Å². The zero-order chi connectivity index (χ0) is 12.4. The number of aromatic nitrogens is 1. The summed E-state index contributed by atoms with van der Waals surface area (Å²) in [6, 6.07) is 3.06. The van der Waals surface area contributed by atoms with Crippen molar-refractivity contribution >= 4 is 5.91 Å². The molecule has 2 unspecified atom stereocenters. The predicted molar refractivity (Wildman–Crippen MR) is 61.8 cm³/mol. The van der Waals surface area contributed by atoms with Crippen molar-refractivity contribution in [2.75, 3.05) is 13.2 Å². The van der Waals surface area contributed by atoms with Crippen LogP contribution >= 0.6 is 0 Å². The van der Waals surface area contributed by atoms with Gasteiger partial charge in [-0.25, -0.2) is 4.98 Å². The number of hydrogen-bond acceptors (Lipinski definition) is 4. The Balaban J connectivity index is 2.22. The molecule has 2 rings (SSSR count). The number of morpholine rings is 1. The molecule has 1 aromatic heterocycles. The number of rotatable bonds is 1. The van der Waals surface area contributed by atoms with E-state index < -0.39 is 0 Å². The van der Waals surface area contributed by atoms with Crippen molar-refractivity contribution in [3.63, 3.8) is 0 Å². The molecule has 1 amide bonds. The number of hydrogen-bond donors (Lipinski definition) is 1. The van der Waals surface area contributed by atoms with Crippen LogP contribution in [0.3, 0.4) is 0 Å². The van der Waals surface area contributed by atoms with Crippen molar-refractivity contribution < 1.29 is 14.6 Å². The minimum absolute atomic E-state index is 0.0000983. The highest BCUT2D eigenvalue weighted by Crippen LogP contribution is 2.19. The van der Waals surface area contributed by atoms with E-state index >= 15 is 0 Å². The zero-order valence-corrected chi connectivity index (χ0v) is 9.96. The van der Waals surface area contributed by atoms with Gasteiger partial charge in [-0.1, -0.05) is 0 Å². The summed E-state index contributed by atoms with van der Waals surface area (Å²) < 4.78 is 5.46. The molecule has 0 radical (unpaired) electrons. The van der Waals surface area contributed by atoms with E-state index in [0.29, 0.717) is 13.2 Å². The molecular formula is C12H16N2O3. The molecule has 0 saturated carbocycles. The monoisotopic (exact) mass is 236 g/mol. The van der Waals surface area contributed by atoms with Crippen molar-refractivity contribution in [2.24, 2.45) is 0 Å². The number of ether oxygens (including phenoxy) is 1. The maximum atomic E-state index is 12.2. The van der Waals surface area contributed by atoms with Crippen molar-refractivity contribution in [3.8, 4) is 5.75 Å². The fourth-order valence-electron chi connectivity index (χ4n) is 1.88. The second-order valence-electron chi connectivity index (χ2n) is 4.32. The Labute approximate surface area is 100 Å². The molecule has 0 bridgehead atoms. The molecule has 0 aliphatic carbocycles. The van der Waals surface area contributed by atoms with Crippen LogP contribution in [0, 0.1) is 0 Å². The molecule has 2 heterocycles. The standard InChI is InChI=1S/C12H16N2O3/c1-8-7-17-9(2)6-14(8)12(16)11-10(15)4-3-5-13-11/h3-5,8-9,15H,6-7H2,1-2H3. The van der Waals surface area contributed by atoms with E-state index in [2.05, 4.69) is 4.98 Å². The van der Waals surface area contributed by atoms with Crippen molar-refractivity contribution in [2.45, 2.75) is 26.0 Å². The van der Waals surface area contributed by atoms with Crippen LogP contribution in [0.25, 0.3) is 0 Å². The van der Waals surface area contributed by atoms with Gasteiger partial charge in [-0.05, 0) is 26.0 Å². The Morgan fingerprint density at radius 3 is 3.06 bits per heavy atom. The van der Waals surface area contributed by atoms with Gasteiger partial charge in [0.15, 0.2) is 5.69 Å². The molecule has 1 saturated heterocycles. The smallest absolute Gasteiger partial charge is 0.276 e. The molecule has 5 heteroatoms. The summed E-state index contributed by atoms with van der Waals surface area (Å²) in [4.78, 5) is 17.8. The van der Waals surface area contributed by atoms with Crippen molar-refractivity contribution in [1.82, 2.24) is 9.88 Å². The maximum Gasteiger partial charge on any atom is 0.276 e. The molecule has 5 nitrogen and oxygen atoms in total. The van der Waals surface area contributed by atoms with Gasteiger partial charge in [-0.3, -0.25) is 4.79 Å². The lowest BCUT2D eigenvalue weighted by atomic mass is 10.2. The van der Waals surface area contributed by atoms with Crippen LogP contribution in [-0.2, 0) is 4.74 Å². The number of aromatic hydroxyl groups is 1. The fourth-order valence-corrected chi connectivity index (χ4v) is 1.88. The number of carbonyl (C=O) groups is 1. The summed E-state index contributed by atoms with van der Waals surface area (Å²) in [5.41, 5.74) is 0.105. The molecule has 1 N–H and O–H groups in total. The first kappa shape index (κ1) is 11.9. The summed E-state index contributed by atoms with van der Waals surface area (Å²) in [6.45, 7) is 4.88. The van der Waals surface area contributed by atoms with E-state index in [4.69, 9.17) is 4.74 Å². The van der Waals surface area contributed by atoms with Gasteiger partial charge >= 0.3 is 0 Å². The largest absolute Gasteiger partial charge is 0.505 e. The molecule has 2 atom stereocenters.